The first-order chi connectivity index (χ1) is 8.49. The summed E-state index contributed by atoms with van der Waals surface area (Å²) in [6.07, 6.45) is 2.27. The Hall–Kier alpha value is -0.600. The van der Waals surface area contributed by atoms with Crippen LogP contribution in [-0.4, -0.2) is 5.11 Å². The van der Waals surface area contributed by atoms with Crippen LogP contribution in [0.4, 0.5) is 4.39 Å². The predicted molar refractivity (Wildman–Crippen MR) is 72.0 cm³/mol. The molecule has 0 radical (unpaired) electrons. The normalized spacial score (nSPS) is 30.2. The van der Waals surface area contributed by atoms with Gasteiger partial charge in [-0.05, 0) is 48.8 Å². The Morgan fingerprint density at radius 3 is 2.67 bits per heavy atom. The minimum Gasteiger partial charge on any atom is -0.388 e. The van der Waals surface area contributed by atoms with Gasteiger partial charge in [-0.15, -0.1) is 0 Å². The van der Waals surface area contributed by atoms with Crippen molar-refractivity contribution in [2.45, 2.75) is 39.2 Å². The second kappa shape index (κ2) is 5.58. The number of hydrogen-bond acceptors (Lipinski definition) is 1. The summed E-state index contributed by atoms with van der Waals surface area (Å²) in [6, 6.07) is 4.39. The molecule has 1 aromatic rings. The topological polar surface area (TPSA) is 20.2 Å². The van der Waals surface area contributed by atoms with Crippen molar-refractivity contribution >= 4 is 11.6 Å². The molecule has 1 nitrogen and oxygen atoms in total. The zero-order chi connectivity index (χ0) is 13.3. The van der Waals surface area contributed by atoms with Crippen LogP contribution in [0.15, 0.2) is 18.2 Å². The third-order valence-corrected chi connectivity index (χ3v) is 4.60. The van der Waals surface area contributed by atoms with E-state index in [1.165, 1.54) is 12.1 Å². The van der Waals surface area contributed by atoms with Crippen molar-refractivity contribution in [3.63, 3.8) is 0 Å². The molecule has 1 aromatic carbocycles. The Morgan fingerprint density at radius 2 is 2.00 bits per heavy atom. The zero-order valence-electron chi connectivity index (χ0n) is 10.9. The average molecular weight is 271 g/mol. The molecule has 100 valence electrons. The van der Waals surface area contributed by atoms with Crippen LogP contribution in [-0.2, 0) is 0 Å². The fourth-order valence-electron chi connectivity index (χ4n) is 2.87. The van der Waals surface area contributed by atoms with Crippen LogP contribution in [0.5, 0.6) is 0 Å². The maximum Gasteiger partial charge on any atom is 0.129 e. The standard InChI is InChI=1S/C15H20ClFO/c1-9-3-4-11(7-10(9)2)15(18)13-8-12(16)5-6-14(13)17/h5-6,8-11,15,18H,3-4,7H2,1-2H3. The molecule has 18 heavy (non-hydrogen) atoms. The molecule has 1 aliphatic carbocycles. The fourth-order valence-corrected chi connectivity index (χ4v) is 3.05. The summed E-state index contributed by atoms with van der Waals surface area (Å²) >= 11 is 5.87. The van der Waals surface area contributed by atoms with Gasteiger partial charge in [-0.25, -0.2) is 4.39 Å². The van der Waals surface area contributed by atoms with Crippen molar-refractivity contribution in [2.24, 2.45) is 17.8 Å². The number of aliphatic hydroxyl groups is 1. The molecule has 0 aromatic heterocycles. The Bertz CT molecular complexity index is 421. The molecular weight excluding hydrogens is 251 g/mol. The SMILES string of the molecule is CC1CCC(C(O)c2cc(Cl)ccc2F)CC1C. The summed E-state index contributed by atoms with van der Waals surface area (Å²) in [5.41, 5.74) is 0.342. The molecule has 1 saturated carbocycles. The largest absolute Gasteiger partial charge is 0.388 e. The first kappa shape index (κ1) is 13.8. The molecule has 1 aliphatic rings. The van der Waals surface area contributed by atoms with E-state index in [1.54, 1.807) is 6.07 Å². The molecule has 0 heterocycles. The molecule has 4 unspecified atom stereocenters. The highest BCUT2D eigenvalue weighted by molar-refractivity contribution is 6.30. The molecule has 0 saturated heterocycles. The van der Waals surface area contributed by atoms with E-state index < -0.39 is 6.10 Å². The van der Waals surface area contributed by atoms with Crippen molar-refractivity contribution in [3.8, 4) is 0 Å². The van der Waals surface area contributed by atoms with Crippen LogP contribution < -0.4 is 0 Å². The molecule has 0 spiro atoms. The van der Waals surface area contributed by atoms with Crippen LogP contribution in [0.3, 0.4) is 0 Å². The molecule has 0 bridgehead atoms. The van der Waals surface area contributed by atoms with Crippen molar-refractivity contribution in [3.05, 3.63) is 34.6 Å². The maximum absolute atomic E-state index is 13.7. The van der Waals surface area contributed by atoms with Crippen molar-refractivity contribution in [1.82, 2.24) is 0 Å². The average Bonchev–Trinajstić information content (AvgIpc) is 2.35. The highest BCUT2D eigenvalue weighted by Crippen LogP contribution is 2.40. The molecule has 1 N–H and O–H groups in total. The van der Waals surface area contributed by atoms with Crippen LogP contribution in [0.2, 0.25) is 5.02 Å². The monoisotopic (exact) mass is 270 g/mol. The van der Waals surface area contributed by atoms with Crippen LogP contribution in [0.1, 0.15) is 44.8 Å². The highest BCUT2D eigenvalue weighted by Gasteiger charge is 2.31. The van der Waals surface area contributed by atoms with E-state index in [0.29, 0.717) is 22.4 Å². The molecular formula is C15H20ClFO. The number of aliphatic hydroxyl groups excluding tert-OH is 1. The van der Waals surface area contributed by atoms with Gasteiger partial charge in [0.2, 0.25) is 0 Å². The van der Waals surface area contributed by atoms with Crippen molar-refractivity contribution < 1.29 is 9.50 Å². The van der Waals surface area contributed by atoms with E-state index in [-0.39, 0.29) is 11.7 Å². The van der Waals surface area contributed by atoms with Gasteiger partial charge >= 0.3 is 0 Å². The highest BCUT2D eigenvalue weighted by atomic mass is 35.5. The lowest BCUT2D eigenvalue weighted by Crippen LogP contribution is -2.25. The Kier molecular flexibility index (Phi) is 4.29. The van der Waals surface area contributed by atoms with Gasteiger partial charge in [-0.3, -0.25) is 0 Å². The Balaban J connectivity index is 2.16. The van der Waals surface area contributed by atoms with Crippen LogP contribution >= 0.6 is 11.6 Å². The smallest absolute Gasteiger partial charge is 0.129 e. The Labute approximate surface area is 113 Å². The summed E-state index contributed by atoms with van der Waals surface area (Å²) in [6.45, 7) is 4.45. The zero-order valence-corrected chi connectivity index (χ0v) is 11.6. The summed E-state index contributed by atoms with van der Waals surface area (Å²) in [5.74, 6) is 1.06. The number of rotatable bonds is 2. The van der Waals surface area contributed by atoms with Gasteiger partial charge in [0, 0.05) is 10.6 Å². The molecule has 0 amide bonds. The summed E-state index contributed by atoms with van der Waals surface area (Å²) < 4.78 is 13.7. The van der Waals surface area contributed by atoms with Crippen molar-refractivity contribution in [1.29, 1.82) is 0 Å². The minimum atomic E-state index is -0.737. The van der Waals surface area contributed by atoms with E-state index in [0.717, 1.165) is 19.3 Å². The molecule has 1 fully saturated rings. The van der Waals surface area contributed by atoms with Gasteiger partial charge in [-0.2, -0.15) is 0 Å². The lowest BCUT2D eigenvalue weighted by molar-refractivity contribution is 0.0536. The minimum absolute atomic E-state index is 0.143. The quantitative estimate of drug-likeness (QED) is 0.834. The predicted octanol–water partition coefficient (Wildman–Crippen LogP) is 4.58. The summed E-state index contributed by atoms with van der Waals surface area (Å²) in [7, 11) is 0. The number of halogens is 2. The molecule has 2 rings (SSSR count). The number of hydrogen-bond donors (Lipinski definition) is 1. The van der Waals surface area contributed by atoms with Gasteiger partial charge in [-0.1, -0.05) is 31.9 Å². The summed E-state index contributed by atoms with van der Waals surface area (Å²) in [4.78, 5) is 0. The van der Waals surface area contributed by atoms with Gasteiger partial charge in [0.25, 0.3) is 0 Å². The molecule has 3 heteroatoms. The van der Waals surface area contributed by atoms with E-state index in [1.807, 2.05) is 0 Å². The van der Waals surface area contributed by atoms with Gasteiger partial charge in [0.05, 0.1) is 6.10 Å². The van der Waals surface area contributed by atoms with Gasteiger partial charge < -0.3 is 5.11 Å². The molecule has 0 aliphatic heterocycles. The lowest BCUT2D eigenvalue weighted by atomic mass is 9.73. The fraction of sp³-hybridized carbons (Fsp3) is 0.600. The first-order valence-electron chi connectivity index (χ1n) is 6.62. The van der Waals surface area contributed by atoms with E-state index >= 15 is 0 Å². The Morgan fingerprint density at radius 1 is 1.28 bits per heavy atom. The second-order valence-corrected chi connectivity index (χ2v) is 6.07. The van der Waals surface area contributed by atoms with Gasteiger partial charge in [0.1, 0.15) is 5.82 Å². The first-order valence-corrected chi connectivity index (χ1v) is 7.00. The van der Waals surface area contributed by atoms with Crippen molar-refractivity contribution in [2.75, 3.05) is 0 Å². The maximum atomic E-state index is 13.7. The second-order valence-electron chi connectivity index (χ2n) is 5.64. The number of benzene rings is 1. The van der Waals surface area contributed by atoms with E-state index in [4.69, 9.17) is 11.6 Å². The lowest BCUT2D eigenvalue weighted by Gasteiger charge is -2.34. The van der Waals surface area contributed by atoms with Crippen LogP contribution in [0.25, 0.3) is 0 Å². The van der Waals surface area contributed by atoms with Crippen LogP contribution in [0, 0.1) is 23.6 Å². The van der Waals surface area contributed by atoms with E-state index in [2.05, 4.69) is 13.8 Å². The third kappa shape index (κ3) is 2.86. The van der Waals surface area contributed by atoms with Gasteiger partial charge in [0.15, 0.2) is 0 Å². The van der Waals surface area contributed by atoms with E-state index in [9.17, 15) is 9.50 Å². The summed E-state index contributed by atoms with van der Waals surface area (Å²) in [5, 5.41) is 10.8. The third-order valence-electron chi connectivity index (χ3n) is 4.36. The molecule has 4 atom stereocenters.